The van der Waals surface area contributed by atoms with E-state index in [4.69, 9.17) is 5.73 Å². The van der Waals surface area contributed by atoms with Crippen molar-refractivity contribution in [3.63, 3.8) is 0 Å². The Bertz CT molecular complexity index is 367. The molecule has 0 aromatic heterocycles. The maximum atomic E-state index is 5.78. The topological polar surface area (TPSA) is 29.3 Å². The first-order chi connectivity index (χ1) is 9.97. The van der Waals surface area contributed by atoms with Gasteiger partial charge in [-0.05, 0) is 55.8 Å². The van der Waals surface area contributed by atoms with Crippen LogP contribution in [-0.2, 0) is 6.54 Å². The van der Waals surface area contributed by atoms with Crippen LogP contribution in [0.4, 0.5) is 0 Å². The van der Waals surface area contributed by atoms with E-state index >= 15 is 0 Å². The van der Waals surface area contributed by atoms with Crippen LogP contribution in [0.15, 0.2) is 30.3 Å². The molecule has 0 bridgehead atoms. The molecule has 1 unspecified atom stereocenters. The number of hydrogen-bond acceptors (Lipinski definition) is 2. The quantitative estimate of drug-likeness (QED) is 0.734. The SMILES string of the molecule is CCN(CCCC(CCN)C(C)(C)C)Cc1ccccc1. The van der Waals surface area contributed by atoms with E-state index < -0.39 is 0 Å². The maximum Gasteiger partial charge on any atom is 0.0233 e. The highest BCUT2D eigenvalue weighted by atomic mass is 15.1. The van der Waals surface area contributed by atoms with E-state index in [2.05, 4.69) is 62.9 Å². The smallest absolute Gasteiger partial charge is 0.0233 e. The molecule has 21 heavy (non-hydrogen) atoms. The second kappa shape index (κ2) is 9.22. The molecule has 2 N–H and O–H groups in total. The first kappa shape index (κ1) is 18.2. The number of nitrogens with two attached hydrogens (primary N) is 1. The molecule has 0 aliphatic heterocycles. The van der Waals surface area contributed by atoms with Gasteiger partial charge in [-0.2, -0.15) is 0 Å². The molecular formula is C19H34N2. The van der Waals surface area contributed by atoms with Crippen molar-refractivity contribution >= 4 is 0 Å². The van der Waals surface area contributed by atoms with Gasteiger partial charge in [-0.3, -0.25) is 4.90 Å². The molecule has 0 amide bonds. The molecule has 2 heteroatoms. The fourth-order valence-electron chi connectivity index (χ4n) is 2.96. The van der Waals surface area contributed by atoms with Crippen molar-refractivity contribution in [3.05, 3.63) is 35.9 Å². The third-order valence-electron chi connectivity index (χ3n) is 4.46. The number of hydrogen-bond donors (Lipinski definition) is 1. The number of rotatable bonds is 9. The molecule has 1 aromatic rings. The van der Waals surface area contributed by atoms with E-state index in [1.807, 2.05) is 0 Å². The lowest BCUT2D eigenvalue weighted by Gasteiger charge is -2.31. The van der Waals surface area contributed by atoms with Gasteiger partial charge in [-0.25, -0.2) is 0 Å². The Morgan fingerprint density at radius 3 is 2.29 bits per heavy atom. The van der Waals surface area contributed by atoms with E-state index in [0.29, 0.717) is 5.41 Å². The first-order valence-corrected chi connectivity index (χ1v) is 8.43. The highest BCUT2D eigenvalue weighted by molar-refractivity contribution is 5.14. The van der Waals surface area contributed by atoms with E-state index in [1.54, 1.807) is 0 Å². The van der Waals surface area contributed by atoms with Gasteiger partial charge in [-0.15, -0.1) is 0 Å². The maximum absolute atomic E-state index is 5.78. The lowest BCUT2D eigenvalue weighted by Crippen LogP contribution is -2.27. The Balaban J connectivity index is 2.40. The van der Waals surface area contributed by atoms with Crippen LogP contribution in [0.2, 0.25) is 0 Å². The summed E-state index contributed by atoms with van der Waals surface area (Å²) in [4.78, 5) is 2.54. The molecular weight excluding hydrogens is 256 g/mol. The van der Waals surface area contributed by atoms with Crippen LogP contribution in [0, 0.1) is 11.3 Å². The summed E-state index contributed by atoms with van der Waals surface area (Å²) in [5.41, 5.74) is 7.56. The Hall–Kier alpha value is -0.860. The summed E-state index contributed by atoms with van der Waals surface area (Å²) in [5.74, 6) is 0.734. The molecule has 120 valence electrons. The zero-order valence-electron chi connectivity index (χ0n) is 14.4. The standard InChI is InChI=1S/C19H34N2/c1-5-21(16-17-10-7-6-8-11-17)15-9-12-18(13-14-20)19(2,3)4/h6-8,10-11,18H,5,9,12-16,20H2,1-4H3. The van der Waals surface area contributed by atoms with Crippen LogP contribution >= 0.6 is 0 Å². The second-order valence-electron chi connectivity index (χ2n) is 7.14. The Labute approximate surface area is 131 Å². The van der Waals surface area contributed by atoms with Gasteiger partial charge < -0.3 is 5.73 Å². The van der Waals surface area contributed by atoms with E-state index in [0.717, 1.165) is 32.0 Å². The van der Waals surface area contributed by atoms with Gasteiger partial charge in [0.2, 0.25) is 0 Å². The summed E-state index contributed by atoms with van der Waals surface area (Å²) in [6, 6.07) is 10.8. The fourth-order valence-corrected chi connectivity index (χ4v) is 2.96. The van der Waals surface area contributed by atoms with Gasteiger partial charge in [0.15, 0.2) is 0 Å². The molecule has 0 fully saturated rings. The van der Waals surface area contributed by atoms with Crippen molar-refractivity contribution in [1.82, 2.24) is 4.90 Å². The normalized spacial score (nSPS) is 13.6. The third kappa shape index (κ3) is 7.10. The summed E-state index contributed by atoms with van der Waals surface area (Å²) >= 11 is 0. The summed E-state index contributed by atoms with van der Waals surface area (Å²) in [7, 11) is 0. The number of benzene rings is 1. The summed E-state index contributed by atoms with van der Waals surface area (Å²) in [6.45, 7) is 13.5. The van der Waals surface area contributed by atoms with Crippen molar-refractivity contribution in [2.24, 2.45) is 17.1 Å². The van der Waals surface area contributed by atoms with E-state index in [-0.39, 0.29) is 0 Å². The fraction of sp³-hybridized carbons (Fsp3) is 0.684. The molecule has 0 saturated carbocycles. The first-order valence-electron chi connectivity index (χ1n) is 8.43. The van der Waals surface area contributed by atoms with Gasteiger partial charge in [0.05, 0.1) is 0 Å². The van der Waals surface area contributed by atoms with Crippen LogP contribution in [0.3, 0.4) is 0 Å². The van der Waals surface area contributed by atoms with Crippen LogP contribution < -0.4 is 5.73 Å². The predicted octanol–water partition coefficient (Wildman–Crippen LogP) is 4.30. The molecule has 0 aliphatic carbocycles. The van der Waals surface area contributed by atoms with Crippen molar-refractivity contribution in [2.75, 3.05) is 19.6 Å². The van der Waals surface area contributed by atoms with Gasteiger partial charge in [-0.1, -0.05) is 58.0 Å². The van der Waals surface area contributed by atoms with Gasteiger partial charge in [0.1, 0.15) is 0 Å². The monoisotopic (exact) mass is 290 g/mol. The molecule has 1 atom stereocenters. The largest absolute Gasteiger partial charge is 0.330 e. The van der Waals surface area contributed by atoms with Crippen molar-refractivity contribution < 1.29 is 0 Å². The van der Waals surface area contributed by atoms with Gasteiger partial charge in [0, 0.05) is 6.54 Å². The lowest BCUT2D eigenvalue weighted by atomic mass is 9.76. The van der Waals surface area contributed by atoms with Crippen molar-refractivity contribution in [1.29, 1.82) is 0 Å². The van der Waals surface area contributed by atoms with Crippen LogP contribution in [0.1, 0.15) is 52.5 Å². The molecule has 2 nitrogen and oxygen atoms in total. The minimum atomic E-state index is 0.371. The molecule has 1 aromatic carbocycles. The second-order valence-corrected chi connectivity index (χ2v) is 7.14. The van der Waals surface area contributed by atoms with Gasteiger partial charge >= 0.3 is 0 Å². The minimum absolute atomic E-state index is 0.371. The zero-order valence-corrected chi connectivity index (χ0v) is 14.4. The Morgan fingerprint density at radius 2 is 1.76 bits per heavy atom. The lowest BCUT2D eigenvalue weighted by molar-refractivity contribution is 0.193. The van der Waals surface area contributed by atoms with Crippen molar-refractivity contribution in [2.45, 2.75) is 53.5 Å². The third-order valence-corrected chi connectivity index (χ3v) is 4.46. The molecule has 0 saturated heterocycles. The average molecular weight is 290 g/mol. The predicted molar refractivity (Wildman–Crippen MR) is 93.2 cm³/mol. The highest BCUT2D eigenvalue weighted by Crippen LogP contribution is 2.32. The summed E-state index contributed by atoms with van der Waals surface area (Å²) < 4.78 is 0. The molecule has 0 aliphatic rings. The van der Waals surface area contributed by atoms with Crippen molar-refractivity contribution in [3.8, 4) is 0 Å². The Morgan fingerprint density at radius 1 is 1.10 bits per heavy atom. The van der Waals surface area contributed by atoms with Crippen LogP contribution in [-0.4, -0.2) is 24.5 Å². The van der Waals surface area contributed by atoms with Crippen LogP contribution in [0.5, 0.6) is 0 Å². The molecule has 0 spiro atoms. The zero-order chi connectivity index (χ0) is 15.7. The average Bonchev–Trinajstić information content (AvgIpc) is 2.45. The minimum Gasteiger partial charge on any atom is -0.330 e. The van der Waals surface area contributed by atoms with Crippen LogP contribution in [0.25, 0.3) is 0 Å². The molecule has 0 radical (unpaired) electrons. The summed E-state index contributed by atoms with van der Waals surface area (Å²) in [5, 5.41) is 0. The van der Waals surface area contributed by atoms with E-state index in [1.165, 1.54) is 24.9 Å². The summed E-state index contributed by atoms with van der Waals surface area (Å²) in [6.07, 6.45) is 3.70. The molecule has 0 heterocycles. The molecule has 1 rings (SSSR count). The number of nitrogens with zero attached hydrogens (tertiary/aromatic N) is 1. The Kier molecular flexibility index (Phi) is 7.98. The highest BCUT2D eigenvalue weighted by Gasteiger charge is 2.23. The van der Waals surface area contributed by atoms with E-state index in [9.17, 15) is 0 Å². The van der Waals surface area contributed by atoms with Gasteiger partial charge in [0.25, 0.3) is 0 Å².